The van der Waals surface area contributed by atoms with E-state index < -0.39 is 10.0 Å². The second-order valence-electron chi connectivity index (χ2n) is 3.91. The van der Waals surface area contributed by atoms with E-state index in [1.165, 1.54) is 16.8 Å². The van der Waals surface area contributed by atoms with Crippen LogP contribution in [-0.4, -0.2) is 41.7 Å². The lowest BCUT2D eigenvalue weighted by Gasteiger charge is -2.14. The molecule has 2 heterocycles. The largest absolute Gasteiger partial charge is 0.335 e. The van der Waals surface area contributed by atoms with Crippen molar-refractivity contribution < 1.29 is 8.42 Å². The van der Waals surface area contributed by atoms with Gasteiger partial charge in [0.15, 0.2) is 5.03 Å². The Labute approximate surface area is 99.9 Å². The maximum absolute atomic E-state index is 12.1. The number of imidazole rings is 1. The van der Waals surface area contributed by atoms with Gasteiger partial charge in [0.05, 0.1) is 12.5 Å². The van der Waals surface area contributed by atoms with Crippen LogP contribution in [0.5, 0.6) is 0 Å². The number of aromatic nitrogens is 2. The summed E-state index contributed by atoms with van der Waals surface area (Å²) in [4.78, 5) is 6.37. The lowest BCUT2D eigenvalue weighted by atomic mass is 10.1. The molecule has 0 spiro atoms. The molecule has 0 saturated carbocycles. The lowest BCUT2D eigenvalue weighted by Crippen LogP contribution is -2.29. The van der Waals surface area contributed by atoms with Gasteiger partial charge in [0.25, 0.3) is 10.0 Å². The van der Waals surface area contributed by atoms with Crippen LogP contribution in [-0.2, 0) is 10.0 Å². The number of hydrogen-bond acceptors (Lipinski definition) is 3. The van der Waals surface area contributed by atoms with E-state index >= 15 is 0 Å². The SMILES string of the molecule is O=S(=O)(c1cnc[nH]1)N1CCC(CCCl)C1. The van der Waals surface area contributed by atoms with Crippen LogP contribution in [0.2, 0.25) is 0 Å². The highest BCUT2D eigenvalue weighted by Gasteiger charge is 2.32. The van der Waals surface area contributed by atoms with Gasteiger partial charge in [0.2, 0.25) is 0 Å². The summed E-state index contributed by atoms with van der Waals surface area (Å²) in [6, 6.07) is 0. The maximum atomic E-state index is 12.1. The molecule has 5 nitrogen and oxygen atoms in total. The smallest absolute Gasteiger partial charge is 0.260 e. The van der Waals surface area contributed by atoms with Gasteiger partial charge < -0.3 is 4.98 Å². The quantitative estimate of drug-likeness (QED) is 0.826. The number of nitrogens with zero attached hydrogens (tertiary/aromatic N) is 2. The van der Waals surface area contributed by atoms with Gasteiger partial charge >= 0.3 is 0 Å². The summed E-state index contributed by atoms with van der Waals surface area (Å²) in [5, 5.41) is 0.166. The zero-order chi connectivity index (χ0) is 11.6. The van der Waals surface area contributed by atoms with E-state index in [1.807, 2.05) is 0 Å². The van der Waals surface area contributed by atoms with Gasteiger partial charge in [0.1, 0.15) is 0 Å². The second kappa shape index (κ2) is 4.73. The molecule has 2 rings (SSSR count). The Morgan fingerprint density at radius 1 is 1.62 bits per heavy atom. The van der Waals surface area contributed by atoms with Crippen LogP contribution in [0.25, 0.3) is 0 Å². The number of alkyl halides is 1. The van der Waals surface area contributed by atoms with Crippen LogP contribution >= 0.6 is 11.6 Å². The molecule has 1 aromatic heterocycles. The topological polar surface area (TPSA) is 66.1 Å². The first kappa shape index (κ1) is 11.9. The van der Waals surface area contributed by atoms with Crippen molar-refractivity contribution in [1.82, 2.24) is 14.3 Å². The van der Waals surface area contributed by atoms with Crippen molar-refractivity contribution in [2.24, 2.45) is 5.92 Å². The maximum Gasteiger partial charge on any atom is 0.260 e. The zero-order valence-electron chi connectivity index (χ0n) is 8.76. The Kier molecular flexibility index (Phi) is 3.51. The number of halogens is 1. The predicted octanol–water partition coefficient (Wildman–Crippen LogP) is 1.05. The highest BCUT2D eigenvalue weighted by Crippen LogP contribution is 2.25. The predicted molar refractivity (Wildman–Crippen MR) is 60.8 cm³/mol. The van der Waals surface area contributed by atoms with Crippen LogP contribution < -0.4 is 0 Å². The minimum Gasteiger partial charge on any atom is -0.335 e. The van der Waals surface area contributed by atoms with Gasteiger partial charge in [0, 0.05) is 19.0 Å². The molecule has 1 unspecified atom stereocenters. The van der Waals surface area contributed by atoms with Crippen LogP contribution in [0.4, 0.5) is 0 Å². The van der Waals surface area contributed by atoms with E-state index in [1.54, 1.807) is 0 Å². The van der Waals surface area contributed by atoms with Crippen LogP contribution in [0.15, 0.2) is 17.6 Å². The van der Waals surface area contributed by atoms with E-state index in [-0.39, 0.29) is 5.03 Å². The van der Waals surface area contributed by atoms with Gasteiger partial charge in [-0.25, -0.2) is 13.4 Å². The molecule has 0 radical (unpaired) electrons. The average molecular weight is 264 g/mol. The highest BCUT2D eigenvalue weighted by molar-refractivity contribution is 7.89. The van der Waals surface area contributed by atoms with E-state index in [4.69, 9.17) is 11.6 Å². The zero-order valence-corrected chi connectivity index (χ0v) is 10.3. The standard InChI is InChI=1S/C9H14ClN3O2S/c10-3-1-8-2-4-13(6-8)16(14,15)9-5-11-7-12-9/h5,7-8H,1-4,6H2,(H,11,12). The molecular weight excluding hydrogens is 250 g/mol. The second-order valence-corrected chi connectivity index (χ2v) is 6.20. The average Bonchev–Trinajstić information content (AvgIpc) is 2.88. The van der Waals surface area contributed by atoms with Crippen molar-refractivity contribution in [3.05, 3.63) is 12.5 Å². The minimum atomic E-state index is -3.37. The molecule has 1 aromatic rings. The molecule has 1 aliphatic rings. The molecule has 7 heteroatoms. The van der Waals surface area contributed by atoms with Crippen molar-refractivity contribution in [3.63, 3.8) is 0 Å². The molecule has 1 saturated heterocycles. The first-order chi connectivity index (χ1) is 7.64. The van der Waals surface area contributed by atoms with Crippen molar-refractivity contribution >= 4 is 21.6 Å². The summed E-state index contributed by atoms with van der Waals surface area (Å²) in [7, 11) is -3.37. The fraction of sp³-hybridized carbons (Fsp3) is 0.667. The van der Waals surface area contributed by atoms with Crippen molar-refractivity contribution in [2.45, 2.75) is 17.9 Å². The normalized spacial score (nSPS) is 22.7. The third-order valence-electron chi connectivity index (χ3n) is 2.86. The Morgan fingerprint density at radius 3 is 3.06 bits per heavy atom. The molecule has 1 atom stereocenters. The third kappa shape index (κ3) is 2.23. The number of H-pyrrole nitrogens is 1. The van der Waals surface area contributed by atoms with E-state index in [0.717, 1.165) is 12.8 Å². The van der Waals surface area contributed by atoms with E-state index in [0.29, 0.717) is 24.9 Å². The van der Waals surface area contributed by atoms with Gasteiger partial charge in [-0.15, -0.1) is 11.6 Å². The van der Waals surface area contributed by atoms with Gasteiger partial charge in [-0.2, -0.15) is 4.31 Å². The monoisotopic (exact) mass is 263 g/mol. The summed E-state index contributed by atoms with van der Waals surface area (Å²) < 4.78 is 25.6. The summed E-state index contributed by atoms with van der Waals surface area (Å²) in [6.07, 6.45) is 4.47. The molecule has 90 valence electrons. The molecule has 0 bridgehead atoms. The number of nitrogens with one attached hydrogen (secondary N) is 1. The summed E-state index contributed by atoms with van der Waals surface area (Å²) in [5.74, 6) is 0.970. The highest BCUT2D eigenvalue weighted by atomic mass is 35.5. The molecule has 0 aromatic carbocycles. The third-order valence-corrected chi connectivity index (χ3v) is 4.87. The number of sulfonamides is 1. The van der Waals surface area contributed by atoms with Gasteiger partial charge in [-0.3, -0.25) is 0 Å². The Hall–Kier alpha value is -0.590. The molecule has 0 aliphatic carbocycles. The molecule has 1 N–H and O–H groups in total. The fourth-order valence-electron chi connectivity index (χ4n) is 1.93. The summed E-state index contributed by atoms with van der Waals surface area (Å²) >= 11 is 5.66. The fourth-order valence-corrected chi connectivity index (χ4v) is 3.66. The van der Waals surface area contributed by atoms with Crippen molar-refractivity contribution in [3.8, 4) is 0 Å². The number of rotatable bonds is 4. The van der Waals surface area contributed by atoms with Crippen molar-refractivity contribution in [2.75, 3.05) is 19.0 Å². The molecule has 1 fully saturated rings. The lowest BCUT2D eigenvalue weighted by molar-refractivity contribution is 0.451. The van der Waals surface area contributed by atoms with Gasteiger partial charge in [-0.05, 0) is 18.8 Å². The molecule has 0 amide bonds. The summed E-state index contributed by atoms with van der Waals surface area (Å²) in [5.41, 5.74) is 0. The first-order valence-corrected chi connectivity index (χ1v) is 7.16. The Balaban J connectivity index is 2.10. The van der Waals surface area contributed by atoms with Crippen LogP contribution in [0.3, 0.4) is 0 Å². The molecule has 16 heavy (non-hydrogen) atoms. The molecular formula is C9H14ClN3O2S. The molecule has 1 aliphatic heterocycles. The van der Waals surface area contributed by atoms with Gasteiger partial charge in [-0.1, -0.05) is 0 Å². The van der Waals surface area contributed by atoms with E-state index in [2.05, 4.69) is 9.97 Å². The Bertz CT molecular complexity index is 432. The minimum absolute atomic E-state index is 0.166. The first-order valence-electron chi connectivity index (χ1n) is 5.19. The Morgan fingerprint density at radius 2 is 2.44 bits per heavy atom. The van der Waals surface area contributed by atoms with Crippen molar-refractivity contribution in [1.29, 1.82) is 0 Å². The van der Waals surface area contributed by atoms with Crippen LogP contribution in [0, 0.1) is 5.92 Å². The number of aromatic amines is 1. The van der Waals surface area contributed by atoms with Crippen LogP contribution in [0.1, 0.15) is 12.8 Å². The van der Waals surface area contributed by atoms with E-state index in [9.17, 15) is 8.42 Å². The number of hydrogen-bond donors (Lipinski definition) is 1. The summed E-state index contributed by atoms with van der Waals surface area (Å²) in [6.45, 7) is 1.14.